The first-order chi connectivity index (χ1) is 10.9. The Bertz CT molecular complexity index is 718. The minimum atomic E-state index is -0.381. The summed E-state index contributed by atoms with van der Waals surface area (Å²) < 4.78 is 20.0. The van der Waals surface area contributed by atoms with Crippen molar-refractivity contribution < 1.29 is 13.9 Å². The van der Waals surface area contributed by atoms with Crippen molar-refractivity contribution in [2.75, 3.05) is 18.2 Å². The summed E-state index contributed by atoms with van der Waals surface area (Å²) in [6, 6.07) is 10.5. The summed E-state index contributed by atoms with van der Waals surface area (Å²) in [5, 5.41) is -0.150. The second-order valence-corrected chi connectivity index (χ2v) is 6.08. The molecular formula is C18H20FNO2S. The van der Waals surface area contributed by atoms with Crippen molar-refractivity contribution in [1.29, 1.82) is 0 Å². The van der Waals surface area contributed by atoms with Crippen LogP contribution in [-0.2, 0) is 6.61 Å². The van der Waals surface area contributed by atoms with E-state index in [4.69, 9.17) is 4.74 Å². The number of benzene rings is 2. The first-order valence-electron chi connectivity index (χ1n) is 7.23. The number of nitrogens with zero attached hydrogens (tertiary/aromatic N) is 1. The first kappa shape index (κ1) is 17.3. The molecule has 122 valence electrons. The van der Waals surface area contributed by atoms with Crippen LogP contribution in [0.25, 0.3) is 0 Å². The van der Waals surface area contributed by atoms with E-state index in [0.717, 1.165) is 22.9 Å². The number of aryl methyl sites for hydroxylation is 2. The summed E-state index contributed by atoms with van der Waals surface area (Å²) in [6.45, 7) is 4.03. The lowest BCUT2D eigenvalue weighted by Gasteiger charge is -2.20. The minimum Gasteiger partial charge on any atom is -0.488 e. The summed E-state index contributed by atoms with van der Waals surface area (Å²) in [5.41, 5.74) is 3.04. The van der Waals surface area contributed by atoms with Gasteiger partial charge in [-0.3, -0.25) is 4.79 Å². The molecule has 0 N–H and O–H groups in total. The standard InChI is InChI=1S/C18H20FNO2S/c1-12-8-9-17(13(2)10-12)22-11-14-15(19)6-5-7-16(14)20(3)18(21)23-4/h5-10H,11H2,1-4H3. The van der Waals surface area contributed by atoms with Crippen molar-refractivity contribution in [2.45, 2.75) is 20.5 Å². The Morgan fingerprint density at radius 3 is 2.65 bits per heavy atom. The Hall–Kier alpha value is -2.01. The van der Waals surface area contributed by atoms with Gasteiger partial charge in [-0.15, -0.1) is 0 Å². The van der Waals surface area contributed by atoms with Gasteiger partial charge in [-0.05, 0) is 43.9 Å². The average molecular weight is 333 g/mol. The quantitative estimate of drug-likeness (QED) is 0.793. The van der Waals surface area contributed by atoms with E-state index in [1.807, 2.05) is 32.0 Å². The number of ether oxygens (including phenoxy) is 1. The Balaban J connectivity index is 2.27. The van der Waals surface area contributed by atoms with Gasteiger partial charge in [0.25, 0.3) is 5.24 Å². The lowest BCUT2D eigenvalue weighted by molar-refractivity contribution is 0.266. The van der Waals surface area contributed by atoms with Crippen LogP contribution in [0.5, 0.6) is 5.75 Å². The first-order valence-corrected chi connectivity index (χ1v) is 8.45. The highest BCUT2D eigenvalue weighted by atomic mass is 32.2. The van der Waals surface area contributed by atoms with Gasteiger partial charge in [0.2, 0.25) is 0 Å². The second kappa shape index (κ2) is 7.51. The second-order valence-electron chi connectivity index (χ2n) is 5.32. The Kier molecular flexibility index (Phi) is 5.66. The SMILES string of the molecule is CSC(=O)N(C)c1cccc(F)c1COc1ccc(C)cc1C. The van der Waals surface area contributed by atoms with Gasteiger partial charge in [-0.25, -0.2) is 4.39 Å². The zero-order valence-corrected chi connectivity index (χ0v) is 14.5. The van der Waals surface area contributed by atoms with Gasteiger partial charge < -0.3 is 9.64 Å². The van der Waals surface area contributed by atoms with Crippen molar-refractivity contribution >= 4 is 22.7 Å². The topological polar surface area (TPSA) is 29.5 Å². The van der Waals surface area contributed by atoms with E-state index in [-0.39, 0.29) is 17.7 Å². The van der Waals surface area contributed by atoms with Crippen LogP contribution in [0.2, 0.25) is 0 Å². The number of halogens is 1. The molecule has 0 saturated heterocycles. The predicted molar refractivity (Wildman–Crippen MR) is 94.0 cm³/mol. The largest absolute Gasteiger partial charge is 0.488 e. The van der Waals surface area contributed by atoms with E-state index < -0.39 is 0 Å². The number of hydrogen-bond donors (Lipinski definition) is 0. The molecule has 0 aliphatic rings. The highest BCUT2D eigenvalue weighted by Crippen LogP contribution is 2.27. The third-order valence-electron chi connectivity index (χ3n) is 3.61. The molecule has 0 atom stereocenters. The molecule has 0 unspecified atom stereocenters. The van der Waals surface area contributed by atoms with E-state index in [9.17, 15) is 9.18 Å². The Labute approximate surface area is 140 Å². The molecule has 0 aliphatic carbocycles. The summed E-state index contributed by atoms with van der Waals surface area (Å²) in [5.74, 6) is 0.330. The third kappa shape index (κ3) is 4.05. The Morgan fingerprint density at radius 1 is 1.26 bits per heavy atom. The van der Waals surface area contributed by atoms with Gasteiger partial charge in [0.1, 0.15) is 18.2 Å². The smallest absolute Gasteiger partial charge is 0.285 e. The highest BCUT2D eigenvalue weighted by Gasteiger charge is 2.17. The zero-order valence-electron chi connectivity index (χ0n) is 13.7. The molecule has 0 fully saturated rings. The molecule has 0 spiro atoms. The summed E-state index contributed by atoms with van der Waals surface area (Å²) in [7, 11) is 1.63. The van der Waals surface area contributed by atoms with Crippen molar-refractivity contribution in [3.05, 3.63) is 58.9 Å². The number of thioether (sulfide) groups is 1. The molecule has 2 rings (SSSR count). The lowest BCUT2D eigenvalue weighted by Crippen LogP contribution is -2.23. The summed E-state index contributed by atoms with van der Waals surface area (Å²) in [4.78, 5) is 13.3. The van der Waals surface area contributed by atoms with Crippen LogP contribution in [0.4, 0.5) is 14.9 Å². The monoisotopic (exact) mass is 333 g/mol. The van der Waals surface area contributed by atoms with Crippen LogP contribution in [0.3, 0.4) is 0 Å². The summed E-state index contributed by atoms with van der Waals surface area (Å²) >= 11 is 1.08. The van der Waals surface area contributed by atoms with Gasteiger partial charge in [0, 0.05) is 12.6 Å². The lowest BCUT2D eigenvalue weighted by atomic mass is 10.1. The normalized spacial score (nSPS) is 10.5. The molecule has 2 aromatic rings. The fraction of sp³-hybridized carbons (Fsp3) is 0.278. The van der Waals surface area contributed by atoms with E-state index in [0.29, 0.717) is 17.0 Å². The fourth-order valence-electron chi connectivity index (χ4n) is 2.35. The molecular weight excluding hydrogens is 313 g/mol. The third-order valence-corrected chi connectivity index (χ3v) is 4.23. The van der Waals surface area contributed by atoms with E-state index in [1.54, 1.807) is 25.4 Å². The average Bonchev–Trinajstić information content (AvgIpc) is 2.53. The molecule has 0 bridgehead atoms. The fourth-order valence-corrected chi connectivity index (χ4v) is 2.72. The summed E-state index contributed by atoms with van der Waals surface area (Å²) in [6.07, 6.45) is 1.70. The molecule has 0 heterocycles. The zero-order chi connectivity index (χ0) is 17.0. The van der Waals surface area contributed by atoms with Gasteiger partial charge in [-0.1, -0.05) is 35.5 Å². The molecule has 0 aliphatic heterocycles. The number of rotatable bonds is 4. The van der Waals surface area contributed by atoms with Crippen molar-refractivity contribution in [3.63, 3.8) is 0 Å². The maximum Gasteiger partial charge on any atom is 0.285 e. The molecule has 3 nitrogen and oxygen atoms in total. The van der Waals surface area contributed by atoms with Crippen LogP contribution in [0.1, 0.15) is 16.7 Å². The van der Waals surface area contributed by atoms with E-state index in [1.165, 1.54) is 11.0 Å². The molecule has 2 aromatic carbocycles. The van der Waals surface area contributed by atoms with Crippen LogP contribution >= 0.6 is 11.8 Å². The van der Waals surface area contributed by atoms with Gasteiger partial charge >= 0.3 is 0 Å². The Morgan fingerprint density at radius 2 is 2.00 bits per heavy atom. The minimum absolute atomic E-state index is 0.0674. The van der Waals surface area contributed by atoms with Gasteiger partial charge in [-0.2, -0.15) is 0 Å². The van der Waals surface area contributed by atoms with E-state index in [2.05, 4.69) is 0 Å². The van der Waals surface area contributed by atoms with E-state index >= 15 is 0 Å². The number of carbonyl (C=O) groups excluding carboxylic acids is 1. The van der Waals surface area contributed by atoms with Crippen LogP contribution < -0.4 is 9.64 Å². The number of anilines is 1. The number of carbonyl (C=O) groups is 1. The molecule has 0 radical (unpaired) electrons. The molecule has 5 heteroatoms. The molecule has 1 amide bonds. The molecule has 23 heavy (non-hydrogen) atoms. The van der Waals surface area contributed by atoms with Crippen molar-refractivity contribution in [3.8, 4) is 5.75 Å². The van der Waals surface area contributed by atoms with Gasteiger partial charge in [0.15, 0.2) is 0 Å². The predicted octanol–water partition coefficient (Wildman–Crippen LogP) is 4.94. The van der Waals surface area contributed by atoms with Crippen molar-refractivity contribution in [1.82, 2.24) is 0 Å². The number of amides is 1. The highest BCUT2D eigenvalue weighted by molar-refractivity contribution is 8.13. The van der Waals surface area contributed by atoms with Crippen molar-refractivity contribution in [2.24, 2.45) is 0 Å². The van der Waals surface area contributed by atoms with Crippen LogP contribution in [0, 0.1) is 19.7 Å². The molecule has 0 aromatic heterocycles. The number of hydrogen-bond acceptors (Lipinski definition) is 3. The maximum atomic E-state index is 14.2. The maximum absolute atomic E-state index is 14.2. The van der Waals surface area contributed by atoms with Crippen LogP contribution in [0.15, 0.2) is 36.4 Å². The van der Waals surface area contributed by atoms with Crippen LogP contribution in [-0.4, -0.2) is 18.5 Å². The molecule has 0 saturated carbocycles. The van der Waals surface area contributed by atoms with Gasteiger partial charge in [0.05, 0.1) is 5.69 Å².